The van der Waals surface area contributed by atoms with E-state index in [9.17, 15) is 4.79 Å². The van der Waals surface area contributed by atoms with Crippen LogP contribution in [0.2, 0.25) is 0 Å². The number of hydrogen-bond acceptors (Lipinski definition) is 2. The van der Waals surface area contributed by atoms with Crippen molar-refractivity contribution in [2.45, 2.75) is 19.8 Å². The Bertz CT molecular complexity index is 404. The number of nitriles is 1. The lowest BCUT2D eigenvalue weighted by atomic mass is 9.96. The Hall–Kier alpha value is -1.27. The molecule has 0 aliphatic rings. The molecule has 0 heterocycles. The molecular weight excluding hydrogens is 194 g/mol. The van der Waals surface area contributed by atoms with E-state index in [0.717, 1.165) is 5.56 Å². The number of thiol groups is 1. The normalized spacial score (nSPS) is 9.93. The van der Waals surface area contributed by atoms with E-state index in [1.165, 1.54) is 0 Å². The maximum atomic E-state index is 11.2. The largest absolute Gasteiger partial charge is 0.282 e. The van der Waals surface area contributed by atoms with Crippen molar-refractivity contribution >= 4 is 17.7 Å². The highest BCUT2D eigenvalue weighted by molar-refractivity contribution is 7.97. The van der Waals surface area contributed by atoms with Crippen molar-refractivity contribution in [3.8, 4) is 6.07 Å². The highest BCUT2D eigenvalue weighted by Gasteiger charge is 2.11. The highest BCUT2D eigenvalue weighted by Crippen LogP contribution is 2.21. The van der Waals surface area contributed by atoms with Gasteiger partial charge in [-0.2, -0.15) is 5.26 Å². The fourth-order valence-corrected chi connectivity index (χ4v) is 1.51. The molecule has 1 rings (SSSR count). The van der Waals surface area contributed by atoms with Crippen molar-refractivity contribution < 1.29 is 4.79 Å². The predicted molar refractivity (Wildman–Crippen MR) is 58.6 cm³/mol. The molecule has 0 atom stereocenters. The van der Waals surface area contributed by atoms with Crippen LogP contribution in [0.3, 0.4) is 0 Å². The second-order valence-corrected chi connectivity index (χ2v) is 3.78. The lowest BCUT2D eigenvalue weighted by molar-refractivity contribution is 0.109. The molecule has 0 amide bonds. The zero-order valence-corrected chi connectivity index (χ0v) is 9.01. The van der Waals surface area contributed by atoms with Crippen molar-refractivity contribution in [3.05, 3.63) is 34.9 Å². The van der Waals surface area contributed by atoms with Crippen molar-refractivity contribution in [1.82, 2.24) is 0 Å². The summed E-state index contributed by atoms with van der Waals surface area (Å²) in [6.07, 6.45) is 0. The van der Waals surface area contributed by atoms with Crippen LogP contribution in [0.5, 0.6) is 0 Å². The minimum absolute atomic E-state index is 0.258. The van der Waals surface area contributed by atoms with Gasteiger partial charge in [-0.25, -0.2) is 0 Å². The van der Waals surface area contributed by atoms with Gasteiger partial charge in [0.2, 0.25) is 5.12 Å². The number of nitrogens with zero attached hydrogens (tertiary/aromatic N) is 1. The van der Waals surface area contributed by atoms with Crippen molar-refractivity contribution in [3.63, 3.8) is 0 Å². The minimum Gasteiger partial charge on any atom is -0.282 e. The van der Waals surface area contributed by atoms with Gasteiger partial charge < -0.3 is 0 Å². The van der Waals surface area contributed by atoms with Crippen LogP contribution in [0.15, 0.2) is 18.2 Å². The molecular formula is C11H11NOS. The topological polar surface area (TPSA) is 40.9 Å². The molecule has 14 heavy (non-hydrogen) atoms. The second-order valence-electron chi connectivity index (χ2n) is 3.37. The zero-order chi connectivity index (χ0) is 10.7. The molecule has 0 saturated heterocycles. The first-order valence-electron chi connectivity index (χ1n) is 4.33. The fraction of sp³-hybridized carbons (Fsp3) is 0.273. The summed E-state index contributed by atoms with van der Waals surface area (Å²) >= 11 is 3.79. The van der Waals surface area contributed by atoms with Gasteiger partial charge in [0.05, 0.1) is 11.6 Å². The van der Waals surface area contributed by atoms with Crippen LogP contribution in [0.4, 0.5) is 0 Å². The number of carbonyl (C=O) groups excluding carboxylic acids is 1. The Kier molecular flexibility index (Phi) is 3.32. The van der Waals surface area contributed by atoms with Gasteiger partial charge in [-0.3, -0.25) is 4.79 Å². The second kappa shape index (κ2) is 4.30. The first kappa shape index (κ1) is 10.8. The third-order valence-electron chi connectivity index (χ3n) is 2.03. The summed E-state index contributed by atoms with van der Waals surface area (Å²) in [6, 6.07) is 7.12. The van der Waals surface area contributed by atoms with Crippen LogP contribution in [-0.2, 0) is 0 Å². The maximum absolute atomic E-state index is 11.2. The van der Waals surface area contributed by atoms with Crippen LogP contribution in [-0.4, -0.2) is 5.12 Å². The van der Waals surface area contributed by atoms with Gasteiger partial charge in [-0.1, -0.05) is 19.9 Å². The van der Waals surface area contributed by atoms with Gasteiger partial charge in [0.25, 0.3) is 0 Å². The summed E-state index contributed by atoms with van der Waals surface area (Å²) in [6.45, 7) is 4.00. The van der Waals surface area contributed by atoms with Crippen LogP contribution >= 0.6 is 12.6 Å². The Morgan fingerprint density at radius 2 is 2.14 bits per heavy atom. The monoisotopic (exact) mass is 205 g/mol. The van der Waals surface area contributed by atoms with E-state index in [1.54, 1.807) is 12.1 Å². The van der Waals surface area contributed by atoms with Crippen molar-refractivity contribution in [1.29, 1.82) is 5.26 Å². The summed E-state index contributed by atoms with van der Waals surface area (Å²) in [4.78, 5) is 11.2. The van der Waals surface area contributed by atoms with Crippen LogP contribution in [0.25, 0.3) is 0 Å². The molecule has 0 saturated carbocycles. The summed E-state index contributed by atoms with van der Waals surface area (Å²) in [5, 5.41) is 8.40. The molecule has 0 unspecified atom stereocenters. The number of carbonyl (C=O) groups is 1. The molecule has 0 fully saturated rings. The van der Waals surface area contributed by atoms with E-state index >= 15 is 0 Å². The summed E-state index contributed by atoms with van der Waals surface area (Å²) in [7, 11) is 0. The quantitative estimate of drug-likeness (QED) is 0.754. The molecule has 72 valence electrons. The first-order valence-corrected chi connectivity index (χ1v) is 4.78. The first-order chi connectivity index (χ1) is 6.56. The van der Waals surface area contributed by atoms with E-state index in [0.29, 0.717) is 11.1 Å². The average Bonchev–Trinajstić information content (AvgIpc) is 2.16. The Morgan fingerprint density at radius 1 is 1.50 bits per heavy atom. The number of benzene rings is 1. The van der Waals surface area contributed by atoms with E-state index in [-0.39, 0.29) is 11.0 Å². The van der Waals surface area contributed by atoms with E-state index in [2.05, 4.69) is 12.6 Å². The lowest BCUT2D eigenvalue weighted by Gasteiger charge is -2.09. The molecule has 0 N–H and O–H groups in total. The van der Waals surface area contributed by atoms with Crippen molar-refractivity contribution in [2.24, 2.45) is 0 Å². The Labute approximate surface area is 89.0 Å². The van der Waals surface area contributed by atoms with Crippen LogP contribution in [0, 0.1) is 11.3 Å². The fourth-order valence-electron chi connectivity index (χ4n) is 1.31. The molecule has 1 aromatic rings. The van der Waals surface area contributed by atoms with E-state index in [4.69, 9.17) is 5.26 Å². The minimum atomic E-state index is -0.286. The highest BCUT2D eigenvalue weighted by atomic mass is 32.1. The number of rotatable bonds is 2. The lowest BCUT2D eigenvalue weighted by Crippen LogP contribution is -2.00. The maximum Gasteiger partial charge on any atom is 0.216 e. The third kappa shape index (κ3) is 2.15. The molecule has 3 heteroatoms. The predicted octanol–water partition coefficient (Wildman–Crippen LogP) is 2.75. The Morgan fingerprint density at radius 3 is 2.57 bits per heavy atom. The smallest absolute Gasteiger partial charge is 0.216 e. The molecule has 0 aromatic heterocycles. The van der Waals surface area contributed by atoms with E-state index in [1.807, 2.05) is 26.0 Å². The van der Waals surface area contributed by atoms with Gasteiger partial charge in [-0.15, -0.1) is 12.6 Å². The van der Waals surface area contributed by atoms with Gasteiger partial charge >= 0.3 is 0 Å². The van der Waals surface area contributed by atoms with Crippen LogP contribution < -0.4 is 0 Å². The zero-order valence-electron chi connectivity index (χ0n) is 8.11. The summed E-state index contributed by atoms with van der Waals surface area (Å²) < 4.78 is 0. The molecule has 0 aliphatic heterocycles. The molecule has 0 bridgehead atoms. The SMILES string of the molecule is CC(C)c1ccc(C#N)cc1C(=O)S. The molecule has 0 spiro atoms. The van der Waals surface area contributed by atoms with Gasteiger partial charge in [0.1, 0.15) is 0 Å². The Balaban J connectivity index is 3.33. The molecule has 1 aromatic carbocycles. The summed E-state index contributed by atoms with van der Waals surface area (Å²) in [5.74, 6) is 0.258. The molecule has 2 nitrogen and oxygen atoms in total. The summed E-state index contributed by atoms with van der Waals surface area (Å²) in [5.41, 5.74) is 1.96. The number of hydrogen-bond donors (Lipinski definition) is 1. The van der Waals surface area contributed by atoms with Crippen molar-refractivity contribution in [2.75, 3.05) is 0 Å². The average molecular weight is 205 g/mol. The van der Waals surface area contributed by atoms with Crippen LogP contribution in [0.1, 0.15) is 41.3 Å². The molecule has 0 radical (unpaired) electrons. The standard InChI is InChI=1S/C11H11NOS/c1-7(2)9-4-3-8(6-12)5-10(9)11(13)14/h3-5,7H,1-2H3,(H,13,14). The van der Waals surface area contributed by atoms with E-state index < -0.39 is 0 Å². The molecule has 0 aliphatic carbocycles. The van der Waals surface area contributed by atoms with Gasteiger partial charge in [0.15, 0.2) is 0 Å². The van der Waals surface area contributed by atoms with Gasteiger partial charge in [-0.05, 0) is 23.6 Å². The third-order valence-corrected chi connectivity index (χ3v) is 2.28. The van der Waals surface area contributed by atoms with Gasteiger partial charge in [0, 0.05) is 5.56 Å².